The molecule has 1 heterocycles. The molecule has 0 spiro atoms. The third kappa shape index (κ3) is 1.57. The highest BCUT2D eigenvalue weighted by atomic mass is 79.9. The van der Waals surface area contributed by atoms with Gasteiger partial charge in [-0.3, -0.25) is 4.98 Å². The van der Waals surface area contributed by atoms with E-state index in [0.29, 0.717) is 0 Å². The van der Waals surface area contributed by atoms with Crippen molar-refractivity contribution < 1.29 is 0 Å². The van der Waals surface area contributed by atoms with Gasteiger partial charge in [-0.15, -0.1) is 0 Å². The Kier molecular flexibility index (Phi) is 2.51. The molecule has 1 saturated carbocycles. The number of hydrogen-bond acceptors (Lipinski definition) is 1. The van der Waals surface area contributed by atoms with Crippen LogP contribution in [0.25, 0.3) is 0 Å². The summed E-state index contributed by atoms with van der Waals surface area (Å²) in [5, 5.41) is 0. The summed E-state index contributed by atoms with van der Waals surface area (Å²) in [6.45, 7) is 0. The first-order valence-electron chi connectivity index (χ1n) is 4.08. The number of aromatic nitrogens is 1. The number of pyridine rings is 1. The first-order valence-corrected chi connectivity index (χ1v) is 5.67. The van der Waals surface area contributed by atoms with Gasteiger partial charge in [0, 0.05) is 22.3 Å². The summed E-state index contributed by atoms with van der Waals surface area (Å²) < 4.78 is 2.14. The molecule has 1 aliphatic rings. The molecule has 0 N–H and O–H groups in total. The Morgan fingerprint density at radius 3 is 2.50 bits per heavy atom. The molecule has 1 aromatic heterocycles. The number of rotatable bonds is 1. The first-order chi connectivity index (χ1) is 5.77. The Hall–Kier alpha value is 0.110. The summed E-state index contributed by atoms with van der Waals surface area (Å²) in [5.74, 6) is 0.717. The summed E-state index contributed by atoms with van der Waals surface area (Å²) in [7, 11) is 0. The summed E-state index contributed by atoms with van der Waals surface area (Å²) in [5.41, 5.74) is 1.23. The fraction of sp³-hybridized carbons (Fsp3) is 0.444. The van der Waals surface area contributed by atoms with Crippen molar-refractivity contribution in [2.45, 2.75) is 25.2 Å². The molecule has 12 heavy (non-hydrogen) atoms. The van der Waals surface area contributed by atoms with Gasteiger partial charge in [-0.05, 0) is 50.8 Å². The minimum atomic E-state index is 0.717. The molecular formula is C9H9Br2N. The molecule has 64 valence electrons. The normalized spacial score (nSPS) is 17.5. The minimum absolute atomic E-state index is 0.717. The van der Waals surface area contributed by atoms with Crippen molar-refractivity contribution in [1.82, 2.24) is 4.98 Å². The highest BCUT2D eigenvalue weighted by molar-refractivity contribution is 9.13. The fourth-order valence-corrected chi connectivity index (χ4v) is 1.91. The van der Waals surface area contributed by atoms with Crippen LogP contribution >= 0.6 is 31.9 Å². The van der Waals surface area contributed by atoms with Crippen molar-refractivity contribution in [3.05, 3.63) is 26.9 Å². The van der Waals surface area contributed by atoms with Crippen molar-refractivity contribution in [2.24, 2.45) is 0 Å². The van der Waals surface area contributed by atoms with E-state index in [1.54, 1.807) is 0 Å². The largest absolute Gasteiger partial charge is 0.260 e. The van der Waals surface area contributed by atoms with Crippen LogP contribution in [-0.2, 0) is 0 Å². The van der Waals surface area contributed by atoms with Gasteiger partial charge >= 0.3 is 0 Å². The highest BCUT2D eigenvalue weighted by Crippen LogP contribution is 2.36. The summed E-state index contributed by atoms with van der Waals surface area (Å²) in [6, 6.07) is 2.12. The fourth-order valence-electron chi connectivity index (χ4n) is 1.36. The topological polar surface area (TPSA) is 12.9 Å². The molecular weight excluding hydrogens is 282 g/mol. The zero-order chi connectivity index (χ0) is 8.55. The second kappa shape index (κ2) is 3.46. The van der Waals surface area contributed by atoms with Gasteiger partial charge in [0.25, 0.3) is 0 Å². The van der Waals surface area contributed by atoms with Crippen LogP contribution in [0.3, 0.4) is 0 Å². The van der Waals surface area contributed by atoms with E-state index in [-0.39, 0.29) is 0 Å². The van der Waals surface area contributed by atoms with Crippen LogP contribution in [-0.4, -0.2) is 4.98 Å². The number of hydrogen-bond donors (Lipinski definition) is 0. The lowest BCUT2D eigenvalue weighted by molar-refractivity contribution is 0.411. The molecule has 1 nitrogen and oxygen atoms in total. The van der Waals surface area contributed by atoms with Gasteiger partial charge in [-0.25, -0.2) is 0 Å². The molecule has 0 aromatic carbocycles. The van der Waals surface area contributed by atoms with Gasteiger partial charge in [0.2, 0.25) is 0 Å². The van der Waals surface area contributed by atoms with Crippen LogP contribution in [0.4, 0.5) is 0 Å². The second-order valence-corrected chi connectivity index (χ2v) is 4.86. The van der Waals surface area contributed by atoms with Gasteiger partial charge in [-0.2, -0.15) is 0 Å². The average molecular weight is 291 g/mol. The van der Waals surface area contributed by atoms with Crippen molar-refractivity contribution in [3.8, 4) is 0 Å². The molecule has 3 heteroatoms. The molecule has 1 aromatic rings. The van der Waals surface area contributed by atoms with Crippen molar-refractivity contribution in [3.63, 3.8) is 0 Å². The van der Waals surface area contributed by atoms with Gasteiger partial charge in [0.05, 0.1) is 4.47 Å². The molecule has 0 atom stereocenters. The third-order valence-corrected chi connectivity index (χ3v) is 4.17. The SMILES string of the molecule is Brc1cnc(C2CCC2)cc1Br. The Bertz CT molecular complexity index is 295. The highest BCUT2D eigenvalue weighted by Gasteiger charge is 2.20. The maximum atomic E-state index is 4.38. The smallest absolute Gasteiger partial charge is 0.0501 e. The quantitative estimate of drug-likeness (QED) is 0.765. The van der Waals surface area contributed by atoms with E-state index in [9.17, 15) is 0 Å². The first kappa shape index (κ1) is 8.70. The molecule has 1 fully saturated rings. The maximum Gasteiger partial charge on any atom is 0.0501 e. The molecule has 0 aliphatic heterocycles. The van der Waals surface area contributed by atoms with E-state index in [1.165, 1.54) is 25.0 Å². The second-order valence-electron chi connectivity index (χ2n) is 3.15. The van der Waals surface area contributed by atoms with Crippen LogP contribution < -0.4 is 0 Å². The number of halogens is 2. The van der Waals surface area contributed by atoms with Gasteiger partial charge in [-0.1, -0.05) is 6.42 Å². The zero-order valence-electron chi connectivity index (χ0n) is 6.56. The average Bonchev–Trinajstić information content (AvgIpc) is 1.93. The van der Waals surface area contributed by atoms with Crippen LogP contribution in [0, 0.1) is 0 Å². The minimum Gasteiger partial charge on any atom is -0.260 e. The van der Waals surface area contributed by atoms with Gasteiger partial charge < -0.3 is 0 Å². The predicted molar refractivity (Wildman–Crippen MR) is 56.2 cm³/mol. The standard InChI is InChI=1S/C9H9Br2N/c10-7-4-9(6-2-1-3-6)12-5-8(7)11/h4-6H,1-3H2. The molecule has 2 rings (SSSR count). The Labute approximate surface area is 88.8 Å². The molecule has 0 unspecified atom stereocenters. The van der Waals surface area contributed by atoms with E-state index in [0.717, 1.165) is 14.9 Å². The molecule has 0 saturated heterocycles. The van der Waals surface area contributed by atoms with Crippen molar-refractivity contribution in [1.29, 1.82) is 0 Å². The summed E-state index contributed by atoms with van der Waals surface area (Å²) in [6.07, 6.45) is 5.85. The Morgan fingerprint density at radius 1 is 1.25 bits per heavy atom. The van der Waals surface area contributed by atoms with Crippen LogP contribution in [0.5, 0.6) is 0 Å². The monoisotopic (exact) mass is 289 g/mol. The van der Waals surface area contributed by atoms with Crippen molar-refractivity contribution >= 4 is 31.9 Å². The van der Waals surface area contributed by atoms with E-state index >= 15 is 0 Å². The molecule has 1 aliphatic carbocycles. The van der Waals surface area contributed by atoms with Crippen LogP contribution in [0.1, 0.15) is 30.9 Å². The molecule has 0 amide bonds. The predicted octanol–water partition coefficient (Wildman–Crippen LogP) is 3.87. The zero-order valence-corrected chi connectivity index (χ0v) is 9.73. The van der Waals surface area contributed by atoms with E-state index in [2.05, 4.69) is 42.9 Å². The van der Waals surface area contributed by atoms with Gasteiger partial charge in [0.1, 0.15) is 0 Å². The molecule has 0 bridgehead atoms. The van der Waals surface area contributed by atoms with E-state index in [1.807, 2.05) is 6.20 Å². The van der Waals surface area contributed by atoms with Crippen LogP contribution in [0.15, 0.2) is 21.2 Å². The van der Waals surface area contributed by atoms with Crippen LogP contribution in [0.2, 0.25) is 0 Å². The third-order valence-electron chi connectivity index (χ3n) is 2.35. The Balaban J connectivity index is 2.27. The lowest BCUT2D eigenvalue weighted by atomic mass is 9.83. The van der Waals surface area contributed by atoms with E-state index < -0.39 is 0 Å². The molecule has 0 radical (unpaired) electrons. The summed E-state index contributed by atoms with van der Waals surface area (Å²) in [4.78, 5) is 4.38. The number of nitrogens with zero attached hydrogens (tertiary/aromatic N) is 1. The van der Waals surface area contributed by atoms with E-state index in [4.69, 9.17) is 0 Å². The summed E-state index contributed by atoms with van der Waals surface area (Å²) >= 11 is 6.89. The lowest BCUT2D eigenvalue weighted by Crippen LogP contribution is -2.10. The van der Waals surface area contributed by atoms with Crippen molar-refractivity contribution in [2.75, 3.05) is 0 Å². The maximum absolute atomic E-state index is 4.38. The van der Waals surface area contributed by atoms with Gasteiger partial charge in [0.15, 0.2) is 0 Å². The lowest BCUT2D eigenvalue weighted by Gasteiger charge is -2.24. The Morgan fingerprint density at radius 2 is 2.00 bits per heavy atom.